The number of Topliss-reactive ketones (excluding diaryl/α,β-unsaturated/α-hetero) is 1. The first kappa shape index (κ1) is 27.9. The van der Waals surface area contributed by atoms with E-state index >= 15 is 0 Å². The second-order valence-electron chi connectivity index (χ2n) is 7.72. The van der Waals surface area contributed by atoms with Crippen LogP contribution in [0.2, 0.25) is 5.02 Å². The molecule has 0 bridgehead atoms. The van der Waals surface area contributed by atoms with Gasteiger partial charge in [-0.15, -0.1) is 0 Å². The molecule has 1 heterocycles. The monoisotopic (exact) mass is 532 g/mol. The van der Waals surface area contributed by atoms with Crippen molar-refractivity contribution in [1.29, 1.82) is 0 Å². The van der Waals surface area contributed by atoms with E-state index in [0.717, 1.165) is 0 Å². The predicted octanol–water partition coefficient (Wildman–Crippen LogP) is 3.29. The Morgan fingerprint density at radius 2 is 1.73 bits per heavy atom. The summed E-state index contributed by atoms with van der Waals surface area (Å²) in [6, 6.07) is 10.3. The first-order chi connectivity index (χ1) is 17.8. The number of ketones is 1. The smallest absolute Gasteiger partial charge is 0.252 e. The van der Waals surface area contributed by atoms with Gasteiger partial charge in [-0.2, -0.15) is 0 Å². The lowest BCUT2D eigenvalue weighted by Crippen LogP contribution is -2.41. The molecule has 2 aromatic carbocycles. The molecule has 11 heteroatoms. The zero-order valence-electron chi connectivity index (χ0n) is 20.2. The second-order valence-corrected chi connectivity index (χ2v) is 8.12. The highest BCUT2D eigenvalue weighted by atomic mass is 35.5. The Balaban J connectivity index is 1.88. The summed E-state index contributed by atoms with van der Waals surface area (Å²) in [5.74, 6) is -0.797. The maximum atomic E-state index is 13.7. The summed E-state index contributed by atoms with van der Waals surface area (Å²) >= 11 is 5.91. The van der Waals surface area contributed by atoms with E-state index < -0.39 is 23.5 Å². The number of hydrogen-bond acceptors (Lipinski definition) is 8. The number of rotatable bonds is 12. The molecule has 3 N–H and O–H groups in total. The van der Waals surface area contributed by atoms with E-state index in [-0.39, 0.29) is 54.0 Å². The number of halogens is 2. The van der Waals surface area contributed by atoms with Crippen molar-refractivity contribution in [3.05, 3.63) is 70.6 Å². The molecule has 0 spiro atoms. The quantitative estimate of drug-likeness (QED) is 0.303. The van der Waals surface area contributed by atoms with E-state index in [4.69, 9.17) is 30.9 Å². The molecule has 0 aliphatic heterocycles. The Bertz CT molecular complexity index is 1270. The van der Waals surface area contributed by atoms with Crippen LogP contribution in [0.25, 0.3) is 11.3 Å². The van der Waals surface area contributed by atoms with Gasteiger partial charge in [-0.25, -0.2) is 9.37 Å². The molecule has 0 unspecified atom stereocenters. The number of amides is 1. The standard InChI is InChI=1S/C26H26ClFN2O7/c1-35-22-8-6-19(29-24(22)15-3-5-18(28)17(27)13-15)25(33)20(9-10-31)30-26(34)16-4-7-21(37-12-11-32)23(14-16)36-2/h3-8,13-14,20,31-32H,9-12H2,1-2H3,(H,30,34)/t20-/m0/s1. The Hall–Kier alpha value is -3.73. The second kappa shape index (κ2) is 13.0. The lowest BCUT2D eigenvalue weighted by atomic mass is 10.0. The summed E-state index contributed by atoms with van der Waals surface area (Å²) in [7, 11) is 2.83. The third-order valence-electron chi connectivity index (χ3n) is 5.34. The average Bonchev–Trinajstić information content (AvgIpc) is 2.92. The summed E-state index contributed by atoms with van der Waals surface area (Å²) < 4.78 is 29.6. The summed E-state index contributed by atoms with van der Waals surface area (Å²) in [4.78, 5) is 30.7. The summed E-state index contributed by atoms with van der Waals surface area (Å²) in [5, 5.41) is 21.0. The lowest BCUT2D eigenvalue weighted by molar-refractivity contribution is 0.0837. The molecule has 9 nitrogen and oxygen atoms in total. The van der Waals surface area contributed by atoms with Crippen LogP contribution in [0.4, 0.5) is 4.39 Å². The molecule has 0 aliphatic carbocycles. The molecule has 0 fully saturated rings. The van der Waals surface area contributed by atoms with Crippen molar-refractivity contribution >= 4 is 23.3 Å². The summed E-state index contributed by atoms with van der Waals surface area (Å²) in [6.07, 6.45) is -0.0647. The highest BCUT2D eigenvalue weighted by Crippen LogP contribution is 2.31. The first-order valence-electron chi connectivity index (χ1n) is 11.2. The van der Waals surface area contributed by atoms with E-state index in [9.17, 15) is 19.1 Å². The van der Waals surface area contributed by atoms with Gasteiger partial charge in [0.2, 0.25) is 5.78 Å². The maximum Gasteiger partial charge on any atom is 0.252 e. The van der Waals surface area contributed by atoms with Crippen molar-refractivity contribution in [1.82, 2.24) is 10.3 Å². The van der Waals surface area contributed by atoms with Crippen molar-refractivity contribution < 1.29 is 38.4 Å². The number of nitrogens with one attached hydrogen (secondary N) is 1. The normalized spacial score (nSPS) is 11.5. The van der Waals surface area contributed by atoms with Crippen LogP contribution in [0.5, 0.6) is 17.2 Å². The zero-order chi connectivity index (χ0) is 26.9. The van der Waals surface area contributed by atoms with Crippen LogP contribution in [0.15, 0.2) is 48.5 Å². The zero-order valence-corrected chi connectivity index (χ0v) is 20.9. The number of carbonyl (C=O) groups excluding carboxylic acids is 2. The first-order valence-corrected chi connectivity index (χ1v) is 11.6. The molecular formula is C26H26ClFN2O7. The Labute approximate surface area is 217 Å². The van der Waals surface area contributed by atoms with Gasteiger partial charge in [0.1, 0.15) is 29.6 Å². The lowest BCUT2D eigenvalue weighted by Gasteiger charge is -2.18. The van der Waals surface area contributed by atoms with Gasteiger partial charge in [0.15, 0.2) is 11.5 Å². The number of aromatic nitrogens is 1. The van der Waals surface area contributed by atoms with E-state index in [0.29, 0.717) is 17.1 Å². The Morgan fingerprint density at radius 3 is 2.38 bits per heavy atom. The van der Waals surface area contributed by atoms with Crippen LogP contribution < -0.4 is 19.5 Å². The average molecular weight is 533 g/mol. The maximum absolute atomic E-state index is 13.7. The van der Waals surface area contributed by atoms with Crippen molar-refractivity contribution in [2.75, 3.05) is 34.0 Å². The molecule has 37 heavy (non-hydrogen) atoms. The minimum atomic E-state index is -1.10. The van der Waals surface area contributed by atoms with E-state index in [1.165, 1.54) is 62.8 Å². The molecule has 3 aromatic rings. The van der Waals surface area contributed by atoms with Crippen molar-refractivity contribution in [2.24, 2.45) is 0 Å². The highest BCUT2D eigenvalue weighted by molar-refractivity contribution is 6.31. The SMILES string of the molecule is COc1cc(C(=O)N[C@@H](CCO)C(=O)c2ccc(OC)c(-c3ccc(F)c(Cl)c3)n2)ccc1OCCO. The molecule has 1 amide bonds. The van der Waals surface area contributed by atoms with E-state index in [1.54, 1.807) is 0 Å². The summed E-state index contributed by atoms with van der Waals surface area (Å²) in [5.41, 5.74) is 0.873. The van der Waals surface area contributed by atoms with Gasteiger partial charge in [-0.1, -0.05) is 11.6 Å². The van der Waals surface area contributed by atoms with Gasteiger partial charge in [0.05, 0.1) is 31.9 Å². The van der Waals surface area contributed by atoms with Crippen molar-refractivity contribution in [2.45, 2.75) is 12.5 Å². The minimum absolute atomic E-state index is 0.000305. The van der Waals surface area contributed by atoms with E-state index in [1.807, 2.05) is 0 Å². The van der Waals surface area contributed by atoms with Gasteiger partial charge in [0, 0.05) is 17.7 Å². The fourth-order valence-corrected chi connectivity index (χ4v) is 3.68. The number of benzene rings is 2. The van der Waals surface area contributed by atoms with Gasteiger partial charge in [0.25, 0.3) is 5.91 Å². The fraction of sp³-hybridized carbons (Fsp3) is 0.269. The number of ether oxygens (including phenoxy) is 3. The van der Waals surface area contributed by atoms with Crippen molar-refractivity contribution in [3.8, 4) is 28.5 Å². The van der Waals surface area contributed by atoms with Crippen LogP contribution in [0.1, 0.15) is 27.3 Å². The van der Waals surface area contributed by atoms with E-state index in [2.05, 4.69) is 10.3 Å². The number of pyridine rings is 1. The number of aliphatic hydroxyl groups excluding tert-OH is 2. The molecule has 0 radical (unpaired) electrons. The van der Waals surface area contributed by atoms with Crippen LogP contribution in [-0.2, 0) is 0 Å². The number of aliphatic hydroxyl groups is 2. The molecule has 1 aromatic heterocycles. The third kappa shape index (κ3) is 6.73. The Kier molecular flexibility index (Phi) is 9.78. The largest absolute Gasteiger partial charge is 0.494 e. The molecule has 196 valence electrons. The minimum Gasteiger partial charge on any atom is -0.494 e. The molecule has 0 aliphatic rings. The van der Waals surface area contributed by atoms with Crippen LogP contribution >= 0.6 is 11.6 Å². The number of hydrogen-bond donors (Lipinski definition) is 3. The van der Waals surface area contributed by atoms with Crippen molar-refractivity contribution in [3.63, 3.8) is 0 Å². The van der Waals surface area contributed by atoms with Crippen LogP contribution in [-0.4, -0.2) is 67.0 Å². The predicted molar refractivity (Wildman–Crippen MR) is 134 cm³/mol. The number of nitrogens with zero attached hydrogens (tertiary/aromatic N) is 1. The van der Waals surface area contributed by atoms with Gasteiger partial charge in [-0.05, 0) is 55.0 Å². The molecular weight excluding hydrogens is 507 g/mol. The molecule has 3 rings (SSSR count). The Morgan fingerprint density at radius 1 is 1.00 bits per heavy atom. The van der Waals surface area contributed by atoms with Crippen LogP contribution in [0, 0.1) is 5.82 Å². The fourth-order valence-electron chi connectivity index (χ4n) is 3.50. The van der Waals surface area contributed by atoms with Gasteiger partial charge >= 0.3 is 0 Å². The molecule has 0 saturated carbocycles. The number of carbonyl (C=O) groups is 2. The van der Waals surface area contributed by atoms with Gasteiger partial charge < -0.3 is 29.7 Å². The topological polar surface area (TPSA) is 127 Å². The third-order valence-corrected chi connectivity index (χ3v) is 5.63. The van der Waals surface area contributed by atoms with Gasteiger partial charge in [-0.3, -0.25) is 9.59 Å². The molecule has 1 atom stereocenters. The number of methoxy groups -OCH3 is 2. The summed E-state index contributed by atoms with van der Waals surface area (Å²) in [6.45, 7) is -0.508. The highest BCUT2D eigenvalue weighted by Gasteiger charge is 2.25. The van der Waals surface area contributed by atoms with Crippen LogP contribution in [0.3, 0.4) is 0 Å². The molecule has 0 saturated heterocycles.